The molecule has 0 amide bonds. The number of carbonyl (C=O) groups excluding carboxylic acids is 1. The zero-order chi connectivity index (χ0) is 12.0. The molecule has 2 aliphatic rings. The average molecular weight is 222 g/mol. The molecule has 0 spiro atoms. The molecule has 0 aromatic rings. The van der Waals surface area contributed by atoms with Crippen LogP contribution in [0.15, 0.2) is 11.6 Å². The van der Waals surface area contributed by atoms with Crippen LogP contribution in [0.5, 0.6) is 0 Å². The fourth-order valence-corrected chi connectivity index (χ4v) is 3.88. The Morgan fingerprint density at radius 2 is 2.06 bits per heavy atom. The Kier molecular flexibility index (Phi) is 2.73. The molecule has 0 heterocycles. The summed E-state index contributed by atoms with van der Waals surface area (Å²) in [5.74, 6) is 0.493. The summed E-state index contributed by atoms with van der Waals surface area (Å²) in [4.78, 5) is 10.9. The number of hydrogen-bond acceptors (Lipinski definition) is 2. The molecule has 2 rings (SSSR count). The smallest absolute Gasteiger partial charge is 0.148 e. The van der Waals surface area contributed by atoms with E-state index in [4.69, 9.17) is 0 Å². The molecule has 1 N–H and O–H groups in total. The van der Waals surface area contributed by atoms with Crippen LogP contribution >= 0.6 is 0 Å². The topological polar surface area (TPSA) is 37.3 Å². The van der Waals surface area contributed by atoms with Gasteiger partial charge in [-0.3, -0.25) is 4.79 Å². The van der Waals surface area contributed by atoms with Crippen LogP contribution in [-0.2, 0) is 4.79 Å². The highest BCUT2D eigenvalue weighted by atomic mass is 16.3. The molecular weight excluding hydrogens is 200 g/mol. The van der Waals surface area contributed by atoms with Gasteiger partial charge in [-0.2, -0.15) is 0 Å². The van der Waals surface area contributed by atoms with Crippen molar-refractivity contribution in [1.82, 2.24) is 0 Å². The minimum Gasteiger partial charge on any atom is -0.388 e. The minimum absolute atomic E-state index is 0.108. The number of hydrogen-bond donors (Lipinski definition) is 1. The Morgan fingerprint density at radius 3 is 2.69 bits per heavy atom. The fraction of sp³-hybridized carbons (Fsp3) is 0.786. The lowest BCUT2D eigenvalue weighted by Gasteiger charge is -2.52. The molecule has 2 aliphatic carbocycles. The van der Waals surface area contributed by atoms with Crippen molar-refractivity contribution in [3.05, 3.63) is 11.6 Å². The van der Waals surface area contributed by atoms with E-state index in [1.165, 1.54) is 12.8 Å². The fourth-order valence-electron chi connectivity index (χ4n) is 3.88. The van der Waals surface area contributed by atoms with Gasteiger partial charge in [-0.05, 0) is 36.0 Å². The lowest BCUT2D eigenvalue weighted by molar-refractivity contribution is -0.106. The van der Waals surface area contributed by atoms with Crippen LogP contribution in [0.4, 0.5) is 0 Å². The number of fused-ring (bicyclic) bond motifs is 1. The lowest BCUT2D eigenvalue weighted by Crippen LogP contribution is -2.46. The molecule has 16 heavy (non-hydrogen) atoms. The van der Waals surface area contributed by atoms with Gasteiger partial charge in [0.25, 0.3) is 0 Å². The summed E-state index contributed by atoms with van der Waals surface area (Å²) in [5, 5.41) is 9.95. The molecule has 0 bridgehead atoms. The second-order valence-corrected chi connectivity index (χ2v) is 6.41. The van der Waals surface area contributed by atoms with Crippen molar-refractivity contribution < 1.29 is 9.90 Å². The highest BCUT2D eigenvalue weighted by Gasteiger charge is 2.48. The van der Waals surface area contributed by atoms with Gasteiger partial charge in [-0.1, -0.05) is 33.3 Å². The zero-order valence-corrected chi connectivity index (χ0v) is 10.5. The van der Waals surface area contributed by atoms with E-state index in [0.29, 0.717) is 11.5 Å². The maximum atomic E-state index is 10.9. The number of aliphatic hydroxyl groups is 1. The summed E-state index contributed by atoms with van der Waals surface area (Å²) < 4.78 is 0. The lowest BCUT2D eigenvalue weighted by atomic mass is 9.52. The predicted octanol–water partition coefficient (Wildman–Crippen LogP) is 2.71. The Hall–Kier alpha value is -0.630. The van der Waals surface area contributed by atoms with E-state index < -0.39 is 6.10 Å². The van der Waals surface area contributed by atoms with E-state index in [1.54, 1.807) is 0 Å². The van der Waals surface area contributed by atoms with Crippen LogP contribution in [0.25, 0.3) is 0 Å². The average Bonchev–Trinajstić information content (AvgIpc) is 2.19. The highest BCUT2D eigenvalue weighted by molar-refractivity contribution is 5.75. The summed E-state index contributed by atoms with van der Waals surface area (Å²) in [5.41, 5.74) is 0.979. The van der Waals surface area contributed by atoms with Crippen LogP contribution in [0, 0.1) is 16.7 Å². The van der Waals surface area contributed by atoms with Gasteiger partial charge >= 0.3 is 0 Å². The van der Waals surface area contributed by atoms with Gasteiger partial charge in [0.1, 0.15) is 6.29 Å². The third kappa shape index (κ3) is 1.73. The van der Waals surface area contributed by atoms with Gasteiger partial charge in [0, 0.05) is 5.57 Å². The molecule has 2 heteroatoms. The minimum atomic E-state index is -0.548. The molecule has 1 saturated carbocycles. The van der Waals surface area contributed by atoms with E-state index in [2.05, 4.69) is 20.8 Å². The van der Waals surface area contributed by atoms with Gasteiger partial charge in [0.05, 0.1) is 6.10 Å². The first kappa shape index (κ1) is 11.8. The highest BCUT2D eigenvalue weighted by Crippen LogP contribution is 2.56. The van der Waals surface area contributed by atoms with Gasteiger partial charge < -0.3 is 5.11 Å². The molecule has 1 fully saturated rings. The van der Waals surface area contributed by atoms with Gasteiger partial charge in [0.2, 0.25) is 0 Å². The second-order valence-electron chi connectivity index (χ2n) is 6.41. The summed E-state index contributed by atoms with van der Waals surface area (Å²) in [6.07, 6.45) is 6.66. The first-order valence-corrected chi connectivity index (χ1v) is 6.25. The molecule has 3 atom stereocenters. The predicted molar refractivity (Wildman–Crippen MR) is 64.0 cm³/mol. The van der Waals surface area contributed by atoms with Crippen molar-refractivity contribution in [3.63, 3.8) is 0 Å². The molecule has 0 aromatic carbocycles. The summed E-state index contributed by atoms with van der Waals surface area (Å²) in [6.45, 7) is 6.83. The number of aldehydes is 1. The van der Waals surface area contributed by atoms with Crippen molar-refractivity contribution in [2.24, 2.45) is 16.7 Å². The Morgan fingerprint density at radius 1 is 1.38 bits per heavy atom. The Bertz CT molecular complexity index is 330. The van der Waals surface area contributed by atoms with E-state index in [9.17, 15) is 9.90 Å². The van der Waals surface area contributed by atoms with Crippen molar-refractivity contribution in [2.45, 2.75) is 52.6 Å². The molecule has 2 nitrogen and oxygen atoms in total. The van der Waals surface area contributed by atoms with Gasteiger partial charge in [-0.25, -0.2) is 0 Å². The van der Waals surface area contributed by atoms with Crippen LogP contribution in [0.3, 0.4) is 0 Å². The molecule has 0 radical (unpaired) electrons. The molecule has 0 saturated heterocycles. The van der Waals surface area contributed by atoms with E-state index >= 15 is 0 Å². The van der Waals surface area contributed by atoms with Gasteiger partial charge in [0.15, 0.2) is 0 Å². The molecule has 0 aliphatic heterocycles. The summed E-state index contributed by atoms with van der Waals surface area (Å²) in [6, 6.07) is 0. The van der Waals surface area contributed by atoms with E-state index in [1.807, 2.05) is 6.08 Å². The van der Waals surface area contributed by atoms with Crippen molar-refractivity contribution in [3.8, 4) is 0 Å². The first-order valence-electron chi connectivity index (χ1n) is 6.25. The Balaban J connectivity index is 2.39. The monoisotopic (exact) mass is 222 g/mol. The standard InChI is InChI=1S/C14H22O2/c1-13(2)5-4-6-14(3)8-10(9-15)11(16)7-12(13)14/h8-9,11-12,16H,4-7H2,1-3H3/t11-,12-,14-/m1/s1. The van der Waals surface area contributed by atoms with Crippen molar-refractivity contribution in [1.29, 1.82) is 0 Å². The summed E-state index contributed by atoms with van der Waals surface area (Å²) >= 11 is 0. The second kappa shape index (κ2) is 3.69. The number of rotatable bonds is 1. The maximum absolute atomic E-state index is 10.9. The third-order valence-corrected chi connectivity index (χ3v) is 4.75. The van der Waals surface area contributed by atoms with Crippen molar-refractivity contribution in [2.75, 3.05) is 0 Å². The van der Waals surface area contributed by atoms with E-state index in [-0.39, 0.29) is 10.8 Å². The van der Waals surface area contributed by atoms with Crippen molar-refractivity contribution >= 4 is 6.29 Å². The Labute approximate surface area is 97.7 Å². The normalized spacial score (nSPS) is 42.1. The van der Waals surface area contributed by atoms with Crippen LogP contribution < -0.4 is 0 Å². The largest absolute Gasteiger partial charge is 0.388 e. The first-order chi connectivity index (χ1) is 7.39. The van der Waals surface area contributed by atoms with Crippen LogP contribution in [-0.4, -0.2) is 17.5 Å². The quantitative estimate of drug-likeness (QED) is 0.693. The number of aliphatic hydroxyl groups excluding tert-OH is 1. The molecule has 0 unspecified atom stereocenters. The van der Waals surface area contributed by atoms with E-state index in [0.717, 1.165) is 19.1 Å². The van der Waals surface area contributed by atoms with Gasteiger partial charge in [-0.15, -0.1) is 0 Å². The molecular formula is C14H22O2. The molecule has 0 aromatic heterocycles. The maximum Gasteiger partial charge on any atom is 0.148 e. The third-order valence-electron chi connectivity index (χ3n) is 4.75. The number of allylic oxidation sites excluding steroid dienone is 1. The van der Waals surface area contributed by atoms with Crippen LogP contribution in [0.1, 0.15) is 46.5 Å². The summed E-state index contributed by atoms with van der Waals surface area (Å²) in [7, 11) is 0. The number of carbonyl (C=O) groups is 1. The molecule has 90 valence electrons. The SMILES string of the molecule is CC1(C)CCC[C@]2(C)C=C(C=O)[C@H](O)C[C@H]12. The zero-order valence-electron chi connectivity index (χ0n) is 10.5. The van der Waals surface area contributed by atoms with Crippen LogP contribution in [0.2, 0.25) is 0 Å².